The van der Waals surface area contributed by atoms with E-state index in [1.807, 2.05) is 61.5 Å². The fraction of sp³-hybridized carbons (Fsp3) is 0.211. The molecule has 1 heterocycles. The van der Waals surface area contributed by atoms with Gasteiger partial charge in [-0.05, 0) is 36.8 Å². The summed E-state index contributed by atoms with van der Waals surface area (Å²) in [6.07, 6.45) is 0.159. The Balaban J connectivity index is 1.77. The number of carbonyl (C=O) groups excluding carboxylic acids is 2. The fourth-order valence-electron chi connectivity index (χ4n) is 2.46. The summed E-state index contributed by atoms with van der Waals surface area (Å²) in [5, 5.41) is 2.93. The molecule has 1 aliphatic heterocycles. The highest BCUT2D eigenvalue weighted by atomic mass is 32.2. The monoisotopic (exact) mass is 353 g/mol. The van der Waals surface area contributed by atoms with Gasteiger partial charge in [0, 0.05) is 19.2 Å². The summed E-state index contributed by atoms with van der Waals surface area (Å²) in [6, 6.07) is 17.0. The van der Waals surface area contributed by atoms with Crippen molar-refractivity contribution in [2.75, 3.05) is 12.4 Å². The van der Waals surface area contributed by atoms with Crippen molar-refractivity contribution in [3.63, 3.8) is 0 Å². The number of thioether (sulfide) groups is 1. The standard InChI is InChI=1S/C19H19N3O2S/c1-13-7-6-10-15(11-13)20-18(24)16-12-17(23)22(2)19(25-16)21-14-8-4-3-5-9-14/h3-11,16H,12H2,1-2H3,(H,20,24)/t16-/m1/s1. The molecule has 3 rings (SSSR count). The number of hydrogen-bond donors (Lipinski definition) is 1. The lowest BCUT2D eigenvalue weighted by molar-refractivity contribution is -0.128. The first-order valence-electron chi connectivity index (χ1n) is 7.97. The third kappa shape index (κ3) is 4.28. The molecule has 2 aromatic carbocycles. The summed E-state index contributed by atoms with van der Waals surface area (Å²) < 4.78 is 0. The van der Waals surface area contributed by atoms with Crippen LogP contribution in [0.5, 0.6) is 0 Å². The third-order valence-corrected chi connectivity index (χ3v) is 5.07. The van der Waals surface area contributed by atoms with Gasteiger partial charge in [0.05, 0.1) is 5.69 Å². The van der Waals surface area contributed by atoms with Crippen LogP contribution >= 0.6 is 11.8 Å². The number of rotatable bonds is 3. The van der Waals surface area contributed by atoms with Crippen molar-refractivity contribution < 1.29 is 9.59 Å². The number of anilines is 1. The molecule has 2 amide bonds. The van der Waals surface area contributed by atoms with Crippen LogP contribution < -0.4 is 5.32 Å². The van der Waals surface area contributed by atoms with Crippen molar-refractivity contribution in [3.8, 4) is 0 Å². The van der Waals surface area contributed by atoms with Crippen LogP contribution in [0.2, 0.25) is 0 Å². The number of aryl methyl sites for hydroxylation is 1. The van der Waals surface area contributed by atoms with Gasteiger partial charge in [-0.15, -0.1) is 0 Å². The molecule has 6 heteroatoms. The Kier molecular flexibility index (Phi) is 5.19. The van der Waals surface area contributed by atoms with E-state index >= 15 is 0 Å². The van der Waals surface area contributed by atoms with Gasteiger partial charge >= 0.3 is 0 Å². The van der Waals surface area contributed by atoms with Gasteiger partial charge in [-0.3, -0.25) is 14.5 Å². The van der Waals surface area contributed by atoms with E-state index < -0.39 is 5.25 Å². The van der Waals surface area contributed by atoms with Crippen LogP contribution in [0.1, 0.15) is 12.0 Å². The maximum absolute atomic E-state index is 12.6. The predicted octanol–water partition coefficient (Wildman–Crippen LogP) is 3.59. The second-order valence-corrected chi connectivity index (χ2v) is 7.02. The molecule has 1 saturated heterocycles. The molecule has 0 saturated carbocycles. The molecule has 128 valence electrons. The van der Waals surface area contributed by atoms with Gasteiger partial charge in [0.25, 0.3) is 0 Å². The smallest absolute Gasteiger partial charge is 0.238 e. The van der Waals surface area contributed by atoms with Gasteiger partial charge in [-0.2, -0.15) is 0 Å². The average molecular weight is 353 g/mol. The lowest BCUT2D eigenvalue weighted by Gasteiger charge is -2.28. The van der Waals surface area contributed by atoms with Crippen LogP contribution in [0.3, 0.4) is 0 Å². The van der Waals surface area contributed by atoms with Crippen molar-refractivity contribution >= 4 is 40.1 Å². The minimum absolute atomic E-state index is 0.113. The Morgan fingerprint density at radius 1 is 1.20 bits per heavy atom. The van der Waals surface area contributed by atoms with Crippen LogP contribution in [0.4, 0.5) is 11.4 Å². The Morgan fingerprint density at radius 3 is 2.68 bits per heavy atom. The lowest BCUT2D eigenvalue weighted by atomic mass is 10.2. The van der Waals surface area contributed by atoms with Crippen LogP contribution in [0.25, 0.3) is 0 Å². The number of carbonyl (C=O) groups is 2. The Labute approximate surface area is 151 Å². The number of amides is 2. The molecule has 0 radical (unpaired) electrons. The first-order chi connectivity index (χ1) is 12.0. The van der Waals surface area contributed by atoms with Crippen LogP contribution in [0, 0.1) is 6.92 Å². The molecule has 0 spiro atoms. The summed E-state index contributed by atoms with van der Waals surface area (Å²) in [6.45, 7) is 1.97. The molecule has 0 unspecified atom stereocenters. The zero-order chi connectivity index (χ0) is 17.8. The zero-order valence-electron chi connectivity index (χ0n) is 14.1. The summed E-state index contributed by atoms with van der Waals surface area (Å²) in [5.41, 5.74) is 2.55. The lowest BCUT2D eigenvalue weighted by Crippen LogP contribution is -2.43. The van der Waals surface area contributed by atoms with Crippen molar-refractivity contribution in [2.24, 2.45) is 4.99 Å². The molecule has 0 bridgehead atoms. The van der Waals surface area contributed by atoms with Gasteiger partial charge in [-0.25, -0.2) is 4.99 Å². The predicted molar refractivity (Wildman–Crippen MR) is 102 cm³/mol. The van der Waals surface area contributed by atoms with Gasteiger partial charge in [0.1, 0.15) is 5.25 Å². The maximum Gasteiger partial charge on any atom is 0.238 e. The van der Waals surface area contributed by atoms with Gasteiger partial charge in [0.2, 0.25) is 11.8 Å². The molecular formula is C19H19N3O2S. The number of aliphatic imine (C=N–C) groups is 1. The van der Waals surface area contributed by atoms with E-state index in [0.717, 1.165) is 16.9 Å². The quantitative estimate of drug-likeness (QED) is 0.917. The molecule has 0 aromatic heterocycles. The molecule has 25 heavy (non-hydrogen) atoms. The van der Waals surface area contributed by atoms with Crippen molar-refractivity contribution in [1.29, 1.82) is 0 Å². The number of nitrogens with zero attached hydrogens (tertiary/aromatic N) is 2. The Bertz CT molecular complexity index is 820. The first-order valence-corrected chi connectivity index (χ1v) is 8.85. The molecule has 2 aromatic rings. The first kappa shape index (κ1) is 17.2. The molecule has 0 aliphatic carbocycles. The molecule has 1 fully saturated rings. The second-order valence-electron chi connectivity index (χ2n) is 5.85. The van der Waals surface area contributed by atoms with E-state index in [-0.39, 0.29) is 18.2 Å². The molecule has 1 atom stereocenters. The van der Waals surface area contributed by atoms with Crippen LogP contribution in [0.15, 0.2) is 59.6 Å². The van der Waals surface area contributed by atoms with Gasteiger partial charge in [-0.1, -0.05) is 42.1 Å². The van der Waals surface area contributed by atoms with E-state index in [1.54, 1.807) is 7.05 Å². The Morgan fingerprint density at radius 2 is 1.96 bits per heavy atom. The number of nitrogens with one attached hydrogen (secondary N) is 1. The van der Waals surface area contributed by atoms with E-state index in [9.17, 15) is 9.59 Å². The van der Waals surface area contributed by atoms with Crippen LogP contribution in [-0.4, -0.2) is 34.2 Å². The topological polar surface area (TPSA) is 61.8 Å². The van der Waals surface area contributed by atoms with Crippen LogP contribution in [-0.2, 0) is 9.59 Å². The van der Waals surface area contributed by atoms with E-state index in [2.05, 4.69) is 10.3 Å². The minimum Gasteiger partial charge on any atom is -0.325 e. The SMILES string of the molecule is Cc1cccc(NC(=O)[C@H]2CC(=O)N(C)C(=Nc3ccccc3)S2)c1. The average Bonchev–Trinajstić information content (AvgIpc) is 2.59. The van der Waals surface area contributed by atoms with E-state index in [4.69, 9.17) is 0 Å². The third-order valence-electron chi connectivity index (χ3n) is 3.83. The number of amidine groups is 1. The largest absolute Gasteiger partial charge is 0.325 e. The highest BCUT2D eigenvalue weighted by molar-refractivity contribution is 8.15. The highest BCUT2D eigenvalue weighted by Gasteiger charge is 2.34. The minimum atomic E-state index is -0.494. The highest BCUT2D eigenvalue weighted by Crippen LogP contribution is 2.28. The van der Waals surface area contributed by atoms with Crippen molar-refractivity contribution in [3.05, 3.63) is 60.2 Å². The summed E-state index contributed by atoms with van der Waals surface area (Å²) in [7, 11) is 1.69. The number of hydrogen-bond acceptors (Lipinski definition) is 4. The summed E-state index contributed by atoms with van der Waals surface area (Å²) in [4.78, 5) is 30.9. The van der Waals surface area contributed by atoms with Gasteiger partial charge < -0.3 is 5.32 Å². The fourth-order valence-corrected chi connectivity index (χ4v) is 3.52. The van der Waals surface area contributed by atoms with E-state index in [0.29, 0.717) is 5.17 Å². The molecule has 1 aliphatic rings. The number of benzene rings is 2. The molecule has 1 N–H and O–H groups in total. The summed E-state index contributed by atoms with van der Waals surface area (Å²) in [5.74, 6) is -0.296. The normalized spacial score (nSPS) is 19.1. The van der Waals surface area contributed by atoms with Gasteiger partial charge in [0.15, 0.2) is 5.17 Å². The van der Waals surface area contributed by atoms with Crippen molar-refractivity contribution in [2.45, 2.75) is 18.6 Å². The van der Waals surface area contributed by atoms with E-state index in [1.165, 1.54) is 16.7 Å². The second kappa shape index (κ2) is 7.53. The van der Waals surface area contributed by atoms with Crippen molar-refractivity contribution in [1.82, 2.24) is 4.90 Å². The summed E-state index contributed by atoms with van der Waals surface area (Å²) >= 11 is 1.31. The molecule has 5 nitrogen and oxygen atoms in total. The molecular weight excluding hydrogens is 334 g/mol. The number of para-hydroxylation sites is 1. The Hall–Kier alpha value is -2.60. The maximum atomic E-state index is 12.6. The zero-order valence-corrected chi connectivity index (χ0v) is 14.9.